The standard InChI is InChI=1S/C10H15N3O/c1-3-7(4-1)9-12-10(14-13-9)8-5-2-6-11-8/h7-8,11H,1-6H2/t8-/m1/s1. The third-order valence-corrected chi connectivity index (χ3v) is 3.29. The van der Waals surface area contributed by atoms with E-state index in [-0.39, 0.29) is 0 Å². The molecule has 1 aliphatic carbocycles. The lowest BCUT2D eigenvalue weighted by atomic mass is 9.85. The van der Waals surface area contributed by atoms with E-state index in [1.165, 1.54) is 25.7 Å². The van der Waals surface area contributed by atoms with Crippen molar-refractivity contribution in [3.63, 3.8) is 0 Å². The van der Waals surface area contributed by atoms with Crippen LogP contribution in [0.4, 0.5) is 0 Å². The van der Waals surface area contributed by atoms with E-state index in [2.05, 4.69) is 15.5 Å². The van der Waals surface area contributed by atoms with Crippen molar-refractivity contribution in [3.8, 4) is 0 Å². The van der Waals surface area contributed by atoms with Gasteiger partial charge in [-0.1, -0.05) is 11.6 Å². The van der Waals surface area contributed by atoms with Gasteiger partial charge in [-0.05, 0) is 32.2 Å². The van der Waals surface area contributed by atoms with E-state index < -0.39 is 0 Å². The molecule has 0 bridgehead atoms. The predicted octanol–water partition coefficient (Wildman–Crippen LogP) is 1.76. The zero-order valence-corrected chi connectivity index (χ0v) is 8.20. The van der Waals surface area contributed by atoms with Crippen LogP contribution in [0.15, 0.2) is 4.52 Å². The average molecular weight is 193 g/mol. The summed E-state index contributed by atoms with van der Waals surface area (Å²) < 4.78 is 5.28. The van der Waals surface area contributed by atoms with Crippen LogP contribution < -0.4 is 5.32 Å². The van der Waals surface area contributed by atoms with Crippen LogP contribution in [0.3, 0.4) is 0 Å². The van der Waals surface area contributed by atoms with Crippen molar-refractivity contribution in [1.29, 1.82) is 0 Å². The molecule has 1 atom stereocenters. The van der Waals surface area contributed by atoms with Crippen LogP contribution in [-0.4, -0.2) is 16.7 Å². The molecule has 1 aliphatic heterocycles. The molecule has 1 saturated carbocycles. The summed E-state index contributed by atoms with van der Waals surface area (Å²) in [4.78, 5) is 4.47. The van der Waals surface area contributed by atoms with Gasteiger partial charge in [0.15, 0.2) is 5.82 Å². The monoisotopic (exact) mass is 193 g/mol. The van der Waals surface area contributed by atoms with Gasteiger partial charge in [-0.2, -0.15) is 4.98 Å². The Bertz CT molecular complexity index is 313. The fraction of sp³-hybridized carbons (Fsp3) is 0.800. The van der Waals surface area contributed by atoms with Crippen LogP contribution in [0.1, 0.15) is 55.8 Å². The highest BCUT2D eigenvalue weighted by atomic mass is 16.5. The van der Waals surface area contributed by atoms with E-state index in [1.807, 2.05) is 0 Å². The zero-order valence-electron chi connectivity index (χ0n) is 8.20. The molecular formula is C10H15N3O. The number of hydrogen-bond donors (Lipinski definition) is 1. The Morgan fingerprint density at radius 3 is 2.79 bits per heavy atom. The number of hydrogen-bond acceptors (Lipinski definition) is 4. The molecule has 1 aromatic rings. The molecule has 4 heteroatoms. The largest absolute Gasteiger partial charge is 0.338 e. The first kappa shape index (κ1) is 8.41. The van der Waals surface area contributed by atoms with E-state index in [4.69, 9.17) is 4.52 Å². The second-order valence-corrected chi connectivity index (χ2v) is 4.27. The number of nitrogens with one attached hydrogen (secondary N) is 1. The summed E-state index contributed by atoms with van der Waals surface area (Å²) in [6.07, 6.45) is 6.13. The molecule has 14 heavy (non-hydrogen) atoms. The van der Waals surface area contributed by atoms with Crippen LogP contribution in [0.25, 0.3) is 0 Å². The minimum absolute atomic E-state index is 0.316. The highest BCUT2D eigenvalue weighted by Crippen LogP contribution is 2.35. The Morgan fingerprint density at radius 1 is 1.21 bits per heavy atom. The molecule has 0 aromatic carbocycles. The van der Waals surface area contributed by atoms with Crippen LogP contribution in [0.2, 0.25) is 0 Å². The Morgan fingerprint density at radius 2 is 2.14 bits per heavy atom. The van der Waals surface area contributed by atoms with Crippen molar-refractivity contribution in [3.05, 3.63) is 11.7 Å². The second-order valence-electron chi connectivity index (χ2n) is 4.27. The topological polar surface area (TPSA) is 51.0 Å². The van der Waals surface area contributed by atoms with Crippen molar-refractivity contribution in [2.45, 2.75) is 44.1 Å². The summed E-state index contributed by atoms with van der Waals surface area (Å²) in [7, 11) is 0. The van der Waals surface area contributed by atoms with Crippen LogP contribution in [-0.2, 0) is 0 Å². The molecule has 4 nitrogen and oxygen atoms in total. The molecule has 0 radical (unpaired) electrons. The van der Waals surface area contributed by atoms with Crippen molar-refractivity contribution in [2.24, 2.45) is 0 Å². The molecule has 1 N–H and O–H groups in total. The minimum atomic E-state index is 0.316. The number of rotatable bonds is 2. The van der Waals surface area contributed by atoms with Crippen LogP contribution >= 0.6 is 0 Å². The van der Waals surface area contributed by atoms with E-state index in [9.17, 15) is 0 Å². The SMILES string of the molecule is C1CC(c2noc([C@H]3CCCN3)n2)C1. The molecule has 0 amide bonds. The summed E-state index contributed by atoms with van der Waals surface area (Å²) in [6, 6.07) is 0.316. The third kappa shape index (κ3) is 1.34. The van der Waals surface area contributed by atoms with Gasteiger partial charge in [-0.3, -0.25) is 0 Å². The molecule has 76 valence electrons. The van der Waals surface area contributed by atoms with Gasteiger partial charge in [0.1, 0.15) is 0 Å². The van der Waals surface area contributed by atoms with E-state index >= 15 is 0 Å². The smallest absolute Gasteiger partial charge is 0.243 e. The fourth-order valence-corrected chi connectivity index (χ4v) is 2.12. The molecule has 3 rings (SSSR count). The molecule has 2 fully saturated rings. The van der Waals surface area contributed by atoms with E-state index in [0.717, 1.165) is 24.7 Å². The zero-order chi connectivity index (χ0) is 9.38. The highest BCUT2D eigenvalue weighted by Gasteiger charge is 2.27. The van der Waals surface area contributed by atoms with Crippen LogP contribution in [0.5, 0.6) is 0 Å². The third-order valence-electron chi connectivity index (χ3n) is 3.29. The molecule has 2 heterocycles. The highest BCUT2D eigenvalue weighted by molar-refractivity contribution is 5.02. The van der Waals surface area contributed by atoms with Crippen molar-refractivity contribution in [2.75, 3.05) is 6.54 Å². The van der Waals surface area contributed by atoms with Crippen molar-refractivity contribution >= 4 is 0 Å². The van der Waals surface area contributed by atoms with Crippen molar-refractivity contribution < 1.29 is 4.52 Å². The van der Waals surface area contributed by atoms with Gasteiger partial charge in [-0.15, -0.1) is 0 Å². The van der Waals surface area contributed by atoms with Gasteiger partial charge in [0, 0.05) is 5.92 Å². The van der Waals surface area contributed by atoms with Gasteiger partial charge >= 0.3 is 0 Å². The molecule has 1 aromatic heterocycles. The normalized spacial score (nSPS) is 27.9. The van der Waals surface area contributed by atoms with Gasteiger partial charge in [0.25, 0.3) is 0 Å². The lowest BCUT2D eigenvalue weighted by Gasteiger charge is -2.21. The van der Waals surface area contributed by atoms with Crippen LogP contribution in [0, 0.1) is 0 Å². The maximum absolute atomic E-state index is 5.28. The number of nitrogens with zero attached hydrogens (tertiary/aromatic N) is 2. The quantitative estimate of drug-likeness (QED) is 0.777. The summed E-state index contributed by atoms with van der Waals surface area (Å²) in [5.74, 6) is 2.30. The maximum atomic E-state index is 5.28. The van der Waals surface area contributed by atoms with Gasteiger partial charge in [0.2, 0.25) is 5.89 Å². The Hall–Kier alpha value is -0.900. The first-order valence-electron chi connectivity index (χ1n) is 5.50. The van der Waals surface area contributed by atoms with Gasteiger partial charge in [0.05, 0.1) is 6.04 Å². The Kier molecular flexibility index (Phi) is 2.01. The van der Waals surface area contributed by atoms with Crippen molar-refractivity contribution in [1.82, 2.24) is 15.5 Å². The first-order chi connectivity index (χ1) is 6.93. The number of aromatic nitrogens is 2. The lowest BCUT2D eigenvalue weighted by Crippen LogP contribution is -2.14. The molecule has 1 saturated heterocycles. The summed E-state index contributed by atoms with van der Waals surface area (Å²) in [5, 5.41) is 7.42. The molecule has 0 unspecified atom stereocenters. The minimum Gasteiger partial charge on any atom is -0.338 e. The summed E-state index contributed by atoms with van der Waals surface area (Å²) in [5.41, 5.74) is 0. The predicted molar refractivity (Wildman–Crippen MR) is 50.9 cm³/mol. The Balaban J connectivity index is 1.75. The molecular weight excluding hydrogens is 178 g/mol. The van der Waals surface area contributed by atoms with Gasteiger partial charge < -0.3 is 9.84 Å². The fourth-order valence-electron chi connectivity index (χ4n) is 2.12. The summed E-state index contributed by atoms with van der Waals surface area (Å²) in [6.45, 7) is 1.08. The first-order valence-corrected chi connectivity index (χ1v) is 5.50. The average Bonchev–Trinajstić information content (AvgIpc) is 2.65. The molecule has 2 aliphatic rings. The Labute approximate surface area is 83.1 Å². The molecule has 0 spiro atoms. The lowest BCUT2D eigenvalue weighted by molar-refractivity contribution is 0.328. The second kappa shape index (κ2) is 3.35. The van der Waals surface area contributed by atoms with E-state index in [1.54, 1.807) is 0 Å². The summed E-state index contributed by atoms with van der Waals surface area (Å²) >= 11 is 0. The van der Waals surface area contributed by atoms with E-state index in [0.29, 0.717) is 12.0 Å². The van der Waals surface area contributed by atoms with Gasteiger partial charge in [-0.25, -0.2) is 0 Å². The maximum Gasteiger partial charge on any atom is 0.243 e.